The Labute approximate surface area is 156 Å². The average Bonchev–Trinajstić information content (AvgIpc) is 2.99. The van der Waals surface area contributed by atoms with Crippen LogP contribution in [0.4, 0.5) is 11.4 Å². The summed E-state index contributed by atoms with van der Waals surface area (Å²) < 4.78 is 26.8. The number of nitrogens with zero attached hydrogens (tertiary/aromatic N) is 1. The maximum atomic E-state index is 12.3. The third-order valence-corrected chi connectivity index (χ3v) is 5.35. The summed E-state index contributed by atoms with van der Waals surface area (Å²) in [5, 5.41) is 2.57. The zero-order valence-electron chi connectivity index (χ0n) is 14.2. The first-order valence-corrected chi connectivity index (χ1v) is 9.65. The molecule has 9 heteroatoms. The molecule has 27 heavy (non-hydrogen) atoms. The topological polar surface area (TPSA) is 113 Å². The number of anilines is 2. The molecule has 1 aliphatic heterocycles. The van der Waals surface area contributed by atoms with E-state index in [1.165, 1.54) is 24.3 Å². The van der Waals surface area contributed by atoms with Gasteiger partial charge in [0.25, 0.3) is 0 Å². The molecule has 1 fully saturated rings. The van der Waals surface area contributed by atoms with Crippen LogP contribution in [-0.4, -0.2) is 32.7 Å². The molecule has 0 radical (unpaired) electrons. The number of carbonyl (C=O) groups excluding carboxylic acids is 3. The summed E-state index contributed by atoms with van der Waals surface area (Å²) in [5.41, 5.74) is 0.884. The van der Waals surface area contributed by atoms with Gasteiger partial charge in [-0.2, -0.15) is 0 Å². The van der Waals surface area contributed by atoms with Gasteiger partial charge in [-0.1, -0.05) is 18.2 Å². The van der Waals surface area contributed by atoms with Crippen LogP contribution < -0.4 is 14.9 Å². The number of hydrogen-bond acceptors (Lipinski definition) is 5. The van der Waals surface area contributed by atoms with Crippen molar-refractivity contribution in [3.63, 3.8) is 0 Å². The Balaban J connectivity index is 1.64. The Morgan fingerprint density at radius 3 is 2.11 bits per heavy atom. The van der Waals surface area contributed by atoms with E-state index in [0.29, 0.717) is 11.4 Å². The second kappa shape index (κ2) is 7.68. The lowest BCUT2D eigenvalue weighted by molar-refractivity contribution is -0.121. The highest BCUT2D eigenvalue weighted by Gasteiger charge is 2.30. The SMILES string of the molecule is O=C(CNS(=O)(=O)c1ccc(N2C(=O)CCC2=O)cc1)Nc1ccccc1. The summed E-state index contributed by atoms with van der Waals surface area (Å²) in [6.45, 7) is -0.428. The molecule has 0 aromatic heterocycles. The molecule has 0 spiro atoms. The zero-order chi connectivity index (χ0) is 19.4. The number of nitrogens with one attached hydrogen (secondary N) is 2. The summed E-state index contributed by atoms with van der Waals surface area (Å²) in [6.07, 6.45) is 0.300. The van der Waals surface area contributed by atoms with E-state index in [9.17, 15) is 22.8 Å². The van der Waals surface area contributed by atoms with Crippen LogP contribution in [0.2, 0.25) is 0 Å². The van der Waals surface area contributed by atoms with Crippen LogP contribution in [0.1, 0.15) is 12.8 Å². The second-order valence-electron chi connectivity index (χ2n) is 5.86. The van der Waals surface area contributed by atoms with E-state index in [-0.39, 0.29) is 29.6 Å². The molecule has 1 heterocycles. The van der Waals surface area contributed by atoms with E-state index < -0.39 is 22.5 Å². The minimum absolute atomic E-state index is 0.0714. The van der Waals surface area contributed by atoms with Crippen molar-refractivity contribution >= 4 is 39.1 Å². The number of carbonyl (C=O) groups is 3. The molecular formula is C18H17N3O5S. The van der Waals surface area contributed by atoms with Gasteiger partial charge in [0.2, 0.25) is 27.7 Å². The first kappa shape index (κ1) is 18.7. The van der Waals surface area contributed by atoms with Crippen molar-refractivity contribution in [1.29, 1.82) is 0 Å². The quantitative estimate of drug-likeness (QED) is 0.725. The second-order valence-corrected chi connectivity index (χ2v) is 7.62. The minimum atomic E-state index is -3.91. The van der Waals surface area contributed by atoms with E-state index in [0.717, 1.165) is 4.90 Å². The normalized spacial score (nSPS) is 14.4. The lowest BCUT2D eigenvalue weighted by atomic mass is 10.3. The number of imide groups is 1. The van der Waals surface area contributed by atoms with Crippen molar-refractivity contribution in [2.75, 3.05) is 16.8 Å². The smallest absolute Gasteiger partial charge is 0.241 e. The highest BCUT2D eigenvalue weighted by molar-refractivity contribution is 7.89. The molecular weight excluding hydrogens is 370 g/mol. The van der Waals surface area contributed by atoms with Crippen LogP contribution in [0.5, 0.6) is 0 Å². The molecule has 2 aromatic carbocycles. The minimum Gasteiger partial charge on any atom is -0.325 e. The zero-order valence-corrected chi connectivity index (χ0v) is 15.0. The Morgan fingerprint density at radius 2 is 1.52 bits per heavy atom. The van der Waals surface area contributed by atoms with Gasteiger partial charge in [-0.05, 0) is 36.4 Å². The van der Waals surface area contributed by atoms with Gasteiger partial charge in [0.1, 0.15) is 0 Å². The lowest BCUT2D eigenvalue weighted by Crippen LogP contribution is -2.33. The molecule has 1 saturated heterocycles. The van der Waals surface area contributed by atoms with Crippen molar-refractivity contribution in [2.24, 2.45) is 0 Å². The van der Waals surface area contributed by atoms with E-state index in [1.807, 2.05) is 0 Å². The first-order chi connectivity index (χ1) is 12.9. The van der Waals surface area contributed by atoms with Crippen LogP contribution in [0.15, 0.2) is 59.5 Å². The first-order valence-electron chi connectivity index (χ1n) is 8.17. The van der Waals surface area contributed by atoms with Crippen LogP contribution in [0.25, 0.3) is 0 Å². The predicted octanol–water partition coefficient (Wildman–Crippen LogP) is 1.26. The third-order valence-electron chi connectivity index (χ3n) is 3.94. The maximum absolute atomic E-state index is 12.3. The van der Waals surface area contributed by atoms with E-state index in [2.05, 4.69) is 10.0 Å². The molecule has 1 aliphatic rings. The van der Waals surface area contributed by atoms with Crippen LogP contribution in [-0.2, 0) is 24.4 Å². The van der Waals surface area contributed by atoms with Crippen LogP contribution in [0.3, 0.4) is 0 Å². The van der Waals surface area contributed by atoms with Gasteiger partial charge in [-0.15, -0.1) is 0 Å². The Kier molecular flexibility index (Phi) is 5.33. The summed E-state index contributed by atoms with van der Waals surface area (Å²) >= 11 is 0. The highest BCUT2D eigenvalue weighted by atomic mass is 32.2. The summed E-state index contributed by atoms with van der Waals surface area (Å²) in [6, 6.07) is 14.0. The van der Waals surface area contributed by atoms with Crippen molar-refractivity contribution in [2.45, 2.75) is 17.7 Å². The van der Waals surface area contributed by atoms with Crippen molar-refractivity contribution in [3.8, 4) is 0 Å². The predicted molar refractivity (Wildman–Crippen MR) is 98.4 cm³/mol. The molecule has 0 aliphatic carbocycles. The van der Waals surface area contributed by atoms with Gasteiger partial charge < -0.3 is 5.32 Å². The van der Waals surface area contributed by atoms with Crippen molar-refractivity contribution in [3.05, 3.63) is 54.6 Å². The average molecular weight is 387 g/mol. The number of rotatable bonds is 6. The standard InChI is InChI=1S/C18H17N3O5S/c22-16(20-13-4-2-1-3-5-13)12-19-27(25,26)15-8-6-14(7-9-15)21-17(23)10-11-18(21)24/h1-9,19H,10-12H2,(H,20,22). The fourth-order valence-corrected chi connectivity index (χ4v) is 3.59. The van der Waals surface area contributed by atoms with E-state index in [1.54, 1.807) is 30.3 Å². The molecule has 0 atom stereocenters. The van der Waals surface area contributed by atoms with Gasteiger partial charge in [0.05, 0.1) is 17.1 Å². The van der Waals surface area contributed by atoms with Gasteiger partial charge in [-0.25, -0.2) is 13.1 Å². The molecule has 0 saturated carbocycles. The Morgan fingerprint density at radius 1 is 0.926 bits per heavy atom. The largest absolute Gasteiger partial charge is 0.325 e. The fourth-order valence-electron chi connectivity index (χ4n) is 2.61. The molecule has 0 unspecified atom stereocenters. The summed E-state index contributed by atoms with van der Waals surface area (Å²) in [7, 11) is -3.91. The van der Waals surface area contributed by atoms with Gasteiger partial charge in [-0.3, -0.25) is 19.3 Å². The summed E-state index contributed by atoms with van der Waals surface area (Å²) in [5.74, 6) is -1.13. The van der Waals surface area contributed by atoms with Gasteiger partial charge >= 0.3 is 0 Å². The van der Waals surface area contributed by atoms with Crippen LogP contribution in [0, 0.1) is 0 Å². The monoisotopic (exact) mass is 387 g/mol. The maximum Gasteiger partial charge on any atom is 0.241 e. The molecule has 3 rings (SSSR count). The number of amides is 3. The molecule has 3 amide bonds. The Bertz CT molecular complexity index is 956. The van der Waals surface area contributed by atoms with Gasteiger partial charge in [0.15, 0.2) is 0 Å². The molecule has 0 bridgehead atoms. The highest BCUT2D eigenvalue weighted by Crippen LogP contribution is 2.23. The van der Waals surface area contributed by atoms with Crippen LogP contribution >= 0.6 is 0 Å². The fraction of sp³-hybridized carbons (Fsp3) is 0.167. The number of hydrogen-bond donors (Lipinski definition) is 2. The van der Waals surface area contributed by atoms with Crippen molar-refractivity contribution in [1.82, 2.24) is 4.72 Å². The summed E-state index contributed by atoms with van der Waals surface area (Å²) in [4.78, 5) is 36.3. The van der Waals surface area contributed by atoms with Gasteiger partial charge in [0, 0.05) is 18.5 Å². The van der Waals surface area contributed by atoms with E-state index in [4.69, 9.17) is 0 Å². The molecule has 8 nitrogen and oxygen atoms in total. The molecule has 2 aromatic rings. The molecule has 140 valence electrons. The Hall–Kier alpha value is -3.04. The number of benzene rings is 2. The third kappa shape index (κ3) is 4.39. The van der Waals surface area contributed by atoms with Crippen molar-refractivity contribution < 1.29 is 22.8 Å². The lowest BCUT2D eigenvalue weighted by Gasteiger charge is -2.14. The van der Waals surface area contributed by atoms with E-state index >= 15 is 0 Å². The molecule has 2 N–H and O–H groups in total. The number of sulfonamides is 1. The number of para-hydroxylation sites is 1.